The van der Waals surface area contributed by atoms with Gasteiger partial charge in [0, 0.05) is 29.9 Å². The molecule has 0 saturated heterocycles. The summed E-state index contributed by atoms with van der Waals surface area (Å²) < 4.78 is 31.6. The Balaban J connectivity index is 1.57. The minimum Gasteiger partial charge on any atom is -0.456 e. The summed E-state index contributed by atoms with van der Waals surface area (Å²) in [6, 6.07) is 14.2. The third kappa shape index (κ3) is 4.86. The van der Waals surface area contributed by atoms with Crippen LogP contribution in [0.15, 0.2) is 65.2 Å². The van der Waals surface area contributed by atoms with Gasteiger partial charge in [-0.05, 0) is 30.7 Å². The molecule has 0 saturated carbocycles. The number of allylic oxidation sites excluding steroid dienone is 1. The van der Waals surface area contributed by atoms with E-state index in [1.54, 1.807) is 12.1 Å². The van der Waals surface area contributed by atoms with Crippen molar-refractivity contribution in [3.63, 3.8) is 0 Å². The highest BCUT2D eigenvalue weighted by Gasteiger charge is 2.38. The van der Waals surface area contributed by atoms with E-state index in [9.17, 15) is 18.0 Å². The zero-order chi connectivity index (χ0) is 22.8. The summed E-state index contributed by atoms with van der Waals surface area (Å²) in [5.74, 6) is -1.21. The van der Waals surface area contributed by atoms with Crippen LogP contribution in [0.25, 0.3) is 0 Å². The molecule has 8 heteroatoms. The van der Waals surface area contributed by atoms with Crippen LogP contribution in [0, 0.1) is 6.92 Å². The Kier molecular flexibility index (Phi) is 6.33. The molecule has 0 unspecified atom stereocenters. The van der Waals surface area contributed by atoms with Crippen molar-refractivity contribution in [2.45, 2.75) is 31.1 Å². The average molecular weight is 443 g/mol. The van der Waals surface area contributed by atoms with Crippen LogP contribution in [0.4, 0.5) is 5.69 Å². The lowest BCUT2D eigenvalue weighted by Gasteiger charge is -2.23. The predicted molar refractivity (Wildman–Crippen MR) is 118 cm³/mol. The van der Waals surface area contributed by atoms with E-state index in [1.807, 2.05) is 57.0 Å². The van der Waals surface area contributed by atoms with E-state index < -0.39 is 29.1 Å². The van der Waals surface area contributed by atoms with Crippen molar-refractivity contribution < 1.29 is 22.7 Å². The van der Waals surface area contributed by atoms with E-state index in [1.165, 1.54) is 18.2 Å². The summed E-state index contributed by atoms with van der Waals surface area (Å²) in [6.07, 6.45) is 1.48. The number of ether oxygens (including phenoxy) is 1. The number of esters is 1. The molecule has 3 rings (SSSR count). The second kappa shape index (κ2) is 8.64. The molecule has 0 amide bonds. The molecule has 0 atom stereocenters. The number of anilines is 1. The van der Waals surface area contributed by atoms with Crippen LogP contribution in [0.3, 0.4) is 0 Å². The normalized spacial score (nSPS) is 16.3. The highest BCUT2D eigenvalue weighted by atomic mass is 32.2. The summed E-state index contributed by atoms with van der Waals surface area (Å²) in [5.41, 5.74) is 3.49. The molecular weight excluding hydrogens is 416 g/mol. The number of hydrogen-bond donors (Lipinski definition) is 1. The molecular formula is C23H26N2O5S. The topological polar surface area (TPSA) is 92.8 Å². The predicted octanol–water partition coefficient (Wildman–Crippen LogP) is 2.70. The highest BCUT2D eigenvalue weighted by molar-refractivity contribution is 7.89. The van der Waals surface area contributed by atoms with Crippen LogP contribution in [0.2, 0.25) is 0 Å². The number of para-hydroxylation sites is 1. The van der Waals surface area contributed by atoms with Crippen molar-refractivity contribution in [3.8, 4) is 0 Å². The molecule has 1 N–H and O–H groups in total. The van der Waals surface area contributed by atoms with Crippen LogP contribution in [0.5, 0.6) is 0 Å². The highest BCUT2D eigenvalue weighted by Crippen LogP contribution is 2.46. The van der Waals surface area contributed by atoms with Crippen LogP contribution in [-0.2, 0) is 29.8 Å². The van der Waals surface area contributed by atoms with Gasteiger partial charge in [0.1, 0.15) is 6.54 Å². The Bertz CT molecular complexity index is 1130. The monoisotopic (exact) mass is 442 g/mol. The largest absolute Gasteiger partial charge is 0.456 e. The van der Waals surface area contributed by atoms with E-state index in [4.69, 9.17) is 4.74 Å². The molecule has 0 fully saturated rings. The average Bonchev–Trinajstić information content (AvgIpc) is 2.92. The number of benzene rings is 2. The van der Waals surface area contributed by atoms with Gasteiger partial charge in [0.25, 0.3) is 0 Å². The van der Waals surface area contributed by atoms with E-state index in [-0.39, 0.29) is 16.1 Å². The number of aryl methyl sites for hydroxylation is 1. The van der Waals surface area contributed by atoms with Crippen molar-refractivity contribution in [2.24, 2.45) is 0 Å². The quantitative estimate of drug-likeness (QED) is 0.524. The van der Waals surface area contributed by atoms with Gasteiger partial charge in [-0.1, -0.05) is 49.7 Å². The van der Waals surface area contributed by atoms with Crippen molar-refractivity contribution in [1.29, 1.82) is 0 Å². The van der Waals surface area contributed by atoms with Gasteiger partial charge in [0.05, 0.1) is 4.90 Å². The Morgan fingerprint density at radius 3 is 2.39 bits per heavy atom. The van der Waals surface area contributed by atoms with Gasteiger partial charge in [-0.25, -0.2) is 8.42 Å². The summed E-state index contributed by atoms with van der Waals surface area (Å²) >= 11 is 0. The Morgan fingerprint density at radius 1 is 1.10 bits per heavy atom. The van der Waals surface area contributed by atoms with Gasteiger partial charge in [0.15, 0.2) is 12.4 Å². The van der Waals surface area contributed by atoms with Gasteiger partial charge in [0.2, 0.25) is 10.0 Å². The molecule has 7 nitrogen and oxygen atoms in total. The fourth-order valence-electron chi connectivity index (χ4n) is 3.61. The molecule has 1 heterocycles. The smallest absolute Gasteiger partial charge is 0.321 e. The maximum absolute atomic E-state index is 12.4. The fraction of sp³-hybridized carbons (Fsp3) is 0.304. The number of rotatable bonds is 7. The molecule has 31 heavy (non-hydrogen) atoms. The van der Waals surface area contributed by atoms with Crippen LogP contribution in [-0.4, -0.2) is 40.4 Å². The van der Waals surface area contributed by atoms with Crippen molar-refractivity contribution >= 4 is 27.5 Å². The molecule has 0 spiro atoms. The Labute approximate surface area is 182 Å². The third-order valence-corrected chi connectivity index (χ3v) is 6.77. The van der Waals surface area contributed by atoms with E-state index >= 15 is 0 Å². The number of nitrogens with zero attached hydrogens (tertiary/aromatic N) is 1. The maximum Gasteiger partial charge on any atom is 0.321 e. The molecule has 0 radical (unpaired) electrons. The molecule has 164 valence electrons. The zero-order valence-electron chi connectivity index (χ0n) is 18.0. The number of sulfonamides is 1. The second-order valence-electron chi connectivity index (χ2n) is 8.00. The van der Waals surface area contributed by atoms with Crippen molar-refractivity contribution in [1.82, 2.24) is 4.72 Å². The lowest BCUT2D eigenvalue weighted by atomic mass is 9.83. The summed E-state index contributed by atoms with van der Waals surface area (Å²) in [4.78, 5) is 26.4. The molecule has 0 aromatic heterocycles. The number of fused-ring (bicyclic) bond motifs is 1. The SMILES string of the molecule is Cc1ccc(S(=O)(=O)NCC(=O)OCC(=O)C=C2N(C)c3ccccc3C2(C)C)cc1. The maximum atomic E-state index is 12.4. The van der Waals surface area contributed by atoms with Crippen molar-refractivity contribution in [3.05, 3.63) is 71.4 Å². The van der Waals surface area contributed by atoms with Crippen molar-refractivity contribution in [2.75, 3.05) is 25.1 Å². The third-order valence-electron chi connectivity index (χ3n) is 5.35. The van der Waals surface area contributed by atoms with E-state index in [2.05, 4.69) is 4.72 Å². The number of likely N-dealkylation sites (N-methyl/N-ethyl adjacent to an activating group) is 1. The fourth-order valence-corrected chi connectivity index (χ4v) is 4.58. The Morgan fingerprint density at radius 2 is 1.74 bits per heavy atom. The van der Waals surface area contributed by atoms with Gasteiger partial charge in [-0.15, -0.1) is 0 Å². The number of hydrogen-bond acceptors (Lipinski definition) is 6. The van der Waals surface area contributed by atoms with Crippen LogP contribution < -0.4 is 9.62 Å². The first-order valence-corrected chi connectivity index (χ1v) is 11.3. The summed E-state index contributed by atoms with van der Waals surface area (Å²) in [6.45, 7) is 4.88. The lowest BCUT2D eigenvalue weighted by molar-refractivity contribution is -0.145. The molecule has 2 aromatic rings. The standard InChI is InChI=1S/C23H26N2O5S/c1-16-9-11-18(12-10-16)31(28,29)24-14-22(27)30-15-17(26)13-21-23(2,3)19-7-5-6-8-20(19)25(21)4/h5-13,24H,14-15H2,1-4H3. The van der Waals surface area contributed by atoms with Gasteiger partial charge >= 0.3 is 5.97 Å². The lowest BCUT2D eigenvalue weighted by Crippen LogP contribution is -2.31. The molecule has 2 aromatic carbocycles. The second-order valence-corrected chi connectivity index (χ2v) is 9.76. The molecule has 0 aliphatic carbocycles. The summed E-state index contributed by atoms with van der Waals surface area (Å²) in [7, 11) is -1.95. The first-order valence-electron chi connectivity index (χ1n) is 9.82. The zero-order valence-corrected chi connectivity index (χ0v) is 18.8. The molecule has 1 aliphatic rings. The van der Waals surface area contributed by atoms with Gasteiger partial charge < -0.3 is 9.64 Å². The minimum atomic E-state index is -3.84. The Hall–Kier alpha value is -2.97. The number of nitrogens with one attached hydrogen (secondary N) is 1. The first-order chi connectivity index (χ1) is 14.5. The van der Waals surface area contributed by atoms with Crippen LogP contribution >= 0.6 is 0 Å². The number of carbonyl (C=O) groups excluding carboxylic acids is 2. The van der Waals surface area contributed by atoms with Crippen LogP contribution in [0.1, 0.15) is 25.0 Å². The molecule has 1 aliphatic heterocycles. The summed E-state index contributed by atoms with van der Waals surface area (Å²) in [5, 5.41) is 0. The van der Waals surface area contributed by atoms with Gasteiger partial charge in [-0.2, -0.15) is 4.72 Å². The first kappa shape index (κ1) is 22.7. The van der Waals surface area contributed by atoms with E-state index in [0.29, 0.717) is 0 Å². The molecule has 0 bridgehead atoms. The number of ketones is 1. The van der Waals surface area contributed by atoms with E-state index in [0.717, 1.165) is 22.5 Å². The minimum absolute atomic E-state index is 0.0535. The van der Waals surface area contributed by atoms with Gasteiger partial charge in [-0.3, -0.25) is 9.59 Å². The number of carbonyl (C=O) groups is 2.